The van der Waals surface area contributed by atoms with Crippen molar-refractivity contribution in [2.24, 2.45) is 5.84 Å². The third kappa shape index (κ3) is 4.59. The summed E-state index contributed by atoms with van der Waals surface area (Å²) in [4.78, 5) is 24.0. The van der Waals surface area contributed by atoms with Crippen molar-refractivity contribution < 1.29 is 14.3 Å². The third-order valence-corrected chi connectivity index (χ3v) is 3.53. The Morgan fingerprint density at radius 2 is 1.95 bits per heavy atom. The van der Waals surface area contributed by atoms with Crippen LogP contribution in [-0.4, -0.2) is 18.4 Å². The molecule has 0 aliphatic heterocycles. The highest BCUT2D eigenvalue weighted by molar-refractivity contribution is 7.09. The van der Waals surface area contributed by atoms with Gasteiger partial charge in [0.25, 0.3) is 11.8 Å². The average molecular weight is 305 g/mol. The van der Waals surface area contributed by atoms with Crippen LogP contribution in [0.25, 0.3) is 0 Å². The molecule has 0 spiro atoms. The standard InChI is InChI=1S/C14H15N3O3S/c15-17-14(19)10-3-5-11(6-4-10)20-9-13(18)16-8-12-2-1-7-21-12/h1-7H,8-9,15H2,(H,16,18)(H,17,19). The SMILES string of the molecule is NNC(=O)c1ccc(OCC(=O)NCc2cccs2)cc1. The fraction of sp³-hybridized carbons (Fsp3) is 0.143. The molecule has 110 valence electrons. The molecule has 2 rings (SSSR count). The Kier molecular flexibility index (Phi) is 5.30. The summed E-state index contributed by atoms with van der Waals surface area (Å²) in [5.74, 6) is 4.96. The summed E-state index contributed by atoms with van der Waals surface area (Å²) in [6.07, 6.45) is 0. The monoisotopic (exact) mass is 305 g/mol. The molecule has 0 atom stereocenters. The van der Waals surface area contributed by atoms with E-state index >= 15 is 0 Å². The van der Waals surface area contributed by atoms with E-state index in [4.69, 9.17) is 10.6 Å². The number of rotatable bonds is 6. The normalized spacial score (nSPS) is 9.95. The van der Waals surface area contributed by atoms with Gasteiger partial charge in [-0.2, -0.15) is 0 Å². The summed E-state index contributed by atoms with van der Waals surface area (Å²) in [6.45, 7) is 0.420. The van der Waals surface area contributed by atoms with E-state index in [0.717, 1.165) is 4.88 Å². The van der Waals surface area contributed by atoms with Crippen molar-refractivity contribution in [3.63, 3.8) is 0 Å². The summed E-state index contributed by atoms with van der Waals surface area (Å²) in [7, 11) is 0. The minimum atomic E-state index is -0.379. The van der Waals surface area contributed by atoms with Crippen LogP contribution < -0.4 is 21.3 Å². The molecule has 4 N–H and O–H groups in total. The van der Waals surface area contributed by atoms with Crippen molar-refractivity contribution in [1.29, 1.82) is 0 Å². The minimum absolute atomic E-state index is 0.0756. The second kappa shape index (κ2) is 7.41. The Morgan fingerprint density at radius 1 is 1.19 bits per heavy atom. The maximum atomic E-state index is 11.6. The summed E-state index contributed by atoms with van der Waals surface area (Å²) < 4.78 is 5.33. The third-order valence-electron chi connectivity index (χ3n) is 2.66. The lowest BCUT2D eigenvalue weighted by Gasteiger charge is -2.07. The second-order valence-corrected chi connectivity index (χ2v) is 5.17. The van der Waals surface area contributed by atoms with Crippen molar-refractivity contribution >= 4 is 23.2 Å². The highest BCUT2D eigenvalue weighted by atomic mass is 32.1. The number of carbonyl (C=O) groups excluding carboxylic acids is 2. The van der Waals surface area contributed by atoms with Gasteiger partial charge in [0.15, 0.2) is 6.61 Å². The van der Waals surface area contributed by atoms with Gasteiger partial charge in [0, 0.05) is 10.4 Å². The van der Waals surface area contributed by atoms with Crippen LogP contribution in [0.4, 0.5) is 0 Å². The minimum Gasteiger partial charge on any atom is -0.484 e. The van der Waals surface area contributed by atoms with Crippen LogP contribution in [0, 0.1) is 0 Å². The molecule has 0 saturated carbocycles. The molecule has 0 fully saturated rings. The van der Waals surface area contributed by atoms with Crippen LogP contribution in [0.3, 0.4) is 0 Å². The van der Waals surface area contributed by atoms with Gasteiger partial charge in [-0.15, -0.1) is 11.3 Å². The molecule has 0 aliphatic carbocycles. The van der Waals surface area contributed by atoms with Crippen LogP contribution in [0.15, 0.2) is 41.8 Å². The molecule has 0 bridgehead atoms. The smallest absolute Gasteiger partial charge is 0.265 e. The zero-order valence-electron chi connectivity index (χ0n) is 11.2. The quantitative estimate of drug-likeness (QED) is 0.422. The van der Waals surface area contributed by atoms with Crippen LogP contribution in [0.5, 0.6) is 5.75 Å². The average Bonchev–Trinajstić information content (AvgIpc) is 3.04. The maximum absolute atomic E-state index is 11.6. The van der Waals surface area contributed by atoms with E-state index in [9.17, 15) is 9.59 Å². The number of thiophene rings is 1. The molecule has 0 unspecified atom stereocenters. The molecule has 7 heteroatoms. The molecule has 0 radical (unpaired) electrons. The van der Waals surface area contributed by atoms with Gasteiger partial charge < -0.3 is 10.1 Å². The number of ether oxygens (including phenoxy) is 1. The van der Waals surface area contributed by atoms with Crippen molar-refractivity contribution in [2.75, 3.05) is 6.61 Å². The first-order chi connectivity index (χ1) is 10.2. The number of hydrazine groups is 1. The predicted molar refractivity (Wildman–Crippen MR) is 79.8 cm³/mol. The first-order valence-electron chi connectivity index (χ1n) is 6.22. The molecule has 2 aromatic rings. The lowest BCUT2D eigenvalue weighted by Crippen LogP contribution is -2.30. The number of nitrogens with two attached hydrogens (primary N) is 1. The molecule has 0 aliphatic rings. The fourth-order valence-electron chi connectivity index (χ4n) is 1.58. The topological polar surface area (TPSA) is 93.4 Å². The highest BCUT2D eigenvalue weighted by Gasteiger charge is 2.05. The zero-order chi connectivity index (χ0) is 15.1. The molecule has 1 aromatic carbocycles. The van der Waals surface area contributed by atoms with Crippen LogP contribution in [0.1, 0.15) is 15.2 Å². The van der Waals surface area contributed by atoms with Gasteiger partial charge in [-0.3, -0.25) is 15.0 Å². The zero-order valence-corrected chi connectivity index (χ0v) is 12.0. The van der Waals surface area contributed by atoms with Crippen LogP contribution in [0.2, 0.25) is 0 Å². The summed E-state index contributed by atoms with van der Waals surface area (Å²) >= 11 is 1.58. The first-order valence-corrected chi connectivity index (χ1v) is 7.10. The van der Waals surface area contributed by atoms with Crippen LogP contribution in [-0.2, 0) is 11.3 Å². The lowest BCUT2D eigenvalue weighted by molar-refractivity contribution is -0.123. The maximum Gasteiger partial charge on any atom is 0.265 e. The number of benzene rings is 1. The number of nitrogen functional groups attached to an aromatic ring is 1. The van der Waals surface area contributed by atoms with E-state index in [-0.39, 0.29) is 18.4 Å². The van der Waals surface area contributed by atoms with Crippen molar-refractivity contribution in [3.05, 3.63) is 52.2 Å². The summed E-state index contributed by atoms with van der Waals surface area (Å²) in [5.41, 5.74) is 2.46. The van der Waals surface area contributed by atoms with Crippen molar-refractivity contribution in [2.45, 2.75) is 6.54 Å². The Hall–Kier alpha value is -2.38. The van der Waals surface area contributed by atoms with Gasteiger partial charge in [-0.25, -0.2) is 5.84 Å². The van der Waals surface area contributed by atoms with Gasteiger partial charge in [0.1, 0.15) is 5.75 Å². The predicted octanol–water partition coefficient (Wildman–Crippen LogP) is 1.05. The molecule has 6 nitrogen and oxygen atoms in total. The number of nitrogens with one attached hydrogen (secondary N) is 2. The van der Waals surface area contributed by atoms with Gasteiger partial charge in [0.2, 0.25) is 0 Å². The molecule has 2 amide bonds. The number of hydrogen-bond donors (Lipinski definition) is 3. The van der Waals surface area contributed by atoms with E-state index < -0.39 is 0 Å². The van der Waals surface area contributed by atoms with Gasteiger partial charge >= 0.3 is 0 Å². The lowest BCUT2D eigenvalue weighted by atomic mass is 10.2. The Labute approximate surface area is 125 Å². The largest absolute Gasteiger partial charge is 0.484 e. The molecule has 21 heavy (non-hydrogen) atoms. The van der Waals surface area contributed by atoms with E-state index in [0.29, 0.717) is 17.9 Å². The van der Waals surface area contributed by atoms with Gasteiger partial charge in [-0.05, 0) is 35.7 Å². The number of amides is 2. The summed E-state index contributed by atoms with van der Waals surface area (Å²) in [5, 5.41) is 4.72. The first kappa shape index (κ1) is 15.0. The number of carbonyl (C=O) groups is 2. The Balaban J connectivity index is 1.77. The Bertz CT molecular complexity index is 596. The van der Waals surface area contributed by atoms with E-state index in [1.54, 1.807) is 35.6 Å². The van der Waals surface area contributed by atoms with Crippen LogP contribution >= 0.6 is 11.3 Å². The van der Waals surface area contributed by atoms with Gasteiger partial charge in [-0.1, -0.05) is 6.07 Å². The fourth-order valence-corrected chi connectivity index (χ4v) is 2.23. The molecular formula is C14H15N3O3S. The molecule has 0 saturated heterocycles. The van der Waals surface area contributed by atoms with E-state index in [1.165, 1.54) is 0 Å². The Morgan fingerprint density at radius 3 is 2.57 bits per heavy atom. The molecule has 1 aromatic heterocycles. The molecular weight excluding hydrogens is 290 g/mol. The van der Waals surface area contributed by atoms with Gasteiger partial charge in [0.05, 0.1) is 6.54 Å². The number of hydrogen-bond acceptors (Lipinski definition) is 5. The van der Waals surface area contributed by atoms with E-state index in [1.807, 2.05) is 22.9 Å². The highest BCUT2D eigenvalue weighted by Crippen LogP contribution is 2.12. The second-order valence-electron chi connectivity index (χ2n) is 4.14. The van der Waals surface area contributed by atoms with E-state index in [2.05, 4.69) is 5.32 Å². The van der Waals surface area contributed by atoms with Crippen molar-refractivity contribution in [1.82, 2.24) is 10.7 Å². The molecule has 1 heterocycles. The van der Waals surface area contributed by atoms with Crippen molar-refractivity contribution in [3.8, 4) is 5.75 Å². The summed E-state index contributed by atoms with van der Waals surface area (Å²) in [6, 6.07) is 10.2.